The SMILES string of the molecule is Cc1ccc(C(Cl)(c2ccccc2)c2ccncc2)c(C)c1. The lowest BCUT2D eigenvalue weighted by Gasteiger charge is -2.30. The van der Waals surface area contributed by atoms with Crippen molar-refractivity contribution in [3.63, 3.8) is 0 Å². The van der Waals surface area contributed by atoms with Crippen molar-refractivity contribution in [2.75, 3.05) is 0 Å². The van der Waals surface area contributed by atoms with Crippen LogP contribution < -0.4 is 0 Å². The Bertz CT molecular complexity index is 727. The molecule has 0 aliphatic heterocycles. The zero-order valence-electron chi connectivity index (χ0n) is 12.8. The molecule has 0 aliphatic rings. The highest BCUT2D eigenvalue weighted by Gasteiger charge is 2.35. The van der Waals surface area contributed by atoms with Gasteiger partial charge in [-0.3, -0.25) is 4.98 Å². The van der Waals surface area contributed by atoms with Gasteiger partial charge in [-0.2, -0.15) is 0 Å². The number of aromatic nitrogens is 1. The van der Waals surface area contributed by atoms with E-state index in [0.29, 0.717) is 0 Å². The molecule has 1 aromatic heterocycles. The Balaban J connectivity index is 2.28. The monoisotopic (exact) mass is 307 g/mol. The van der Waals surface area contributed by atoms with Gasteiger partial charge in [0.25, 0.3) is 0 Å². The third kappa shape index (κ3) is 2.53. The van der Waals surface area contributed by atoms with Crippen LogP contribution in [0.4, 0.5) is 0 Å². The van der Waals surface area contributed by atoms with Gasteiger partial charge in [-0.05, 0) is 48.2 Å². The summed E-state index contributed by atoms with van der Waals surface area (Å²) in [5, 5.41) is 0. The molecule has 110 valence electrons. The molecule has 0 fully saturated rings. The third-order valence-electron chi connectivity index (χ3n) is 4.00. The number of halogens is 1. The number of benzene rings is 2. The van der Waals surface area contributed by atoms with Gasteiger partial charge < -0.3 is 0 Å². The fourth-order valence-corrected chi connectivity index (χ4v) is 3.39. The van der Waals surface area contributed by atoms with Gasteiger partial charge in [-0.15, -0.1) is 11.6 Å². The Morgan fingerprint density at radius 1 is 0.818 bits per heavy atom. The Morgan fingerprint density at radius 3 is 2.09 bits per heavy atom. The van der Waals surface area contributed by atoms with E-state index in [1.807, 2.05) is 30.3 Å². The maximum atomic E-state index is 7.25. The van der Waals surface area contributed by atoms with E-state index in [2.05, 4.69) is 49.2 Å². The molecular weight excluding hydrogens is 290 g/mol. The molecule has 0 saturated carbocycles. The number of hydrogen-bond acceptors (Lipinski definition) is 1. The average molecular weight is 308 g/mol. The summed E-state index contributed by atoms with van der Waals surface area (Å²) in [5.41, 5.74) is 5.63. The molecule has 0 amide bonds. The van der Waals surface area contributed by atoms with Gasteiger partial charge in [-0.1, -0.05) is 54.1 Å². The fourth-order valence-electron chi connectivity index (χ4n) is 2.93. The van der Waals surface area contributed by atoms with E-state index in [9.17, 15) is 0 Å². The summed E-state index contributed by atoms with van der Waals surface area (Å²) in [5.74, 6) is 0. The number of pyridine rings is 1. The Kier molecular flexibility index (Phi) is 4.00. The van der Waals surface area contributed by atoms with Gasteiger partial charge in [0.15, 0.2) is 0 Å². The third-order valence-corrected chi connectivity index (χ3v) is 4.64. The van der Waals surface area contributed by atoms with Gasteiger partial charge in [-0.25, -0.2) is 0 Å². The number of rotatable bonds is 3. The second kappa shape index (κ2) is 5.94. The molecule has 0 aliphatic carbocycles. The van der Waals surface area contributed by atoms with Crippen molar-refractivity contribution in [1.29, 1.82) is 0 Å². The molecule has 0 saturated heterocycles. The topological polar surface area (TPSA) is 12.9 Å². The van der Waals surface area contributed by atoms with Crippen LogP contribution in [0.2, 0.25) is 0 Å². The van der Waals surface area contributed by atoms with Gasteiger partial charge in [0, 0.05) is 12.4 Å². The highest BCUT2D eigenvalue weighted by atomic mass is 35.5. The molecule has 1 nitrogen and oxygen atoms in total. The summed E-state index contributed by atoms with van der Waals surface area (Å²) in [6, 6.07) is 20.6. The Labute approximate surface area is 136 Å². The van der Waals surface area contributed by atoms with E-state index in [-0.39, 0.29) is 0 Å². The smallest absolute Gasteiger partial charge is 0.120 e. The number of hydrogen-bond donors (Lipinski definition) is 0. The molecule has 1 heterocycles. The first-order valence-electron chi connectivity index (χ1n) is 7.35. The van der Waals surface area contributed by atoms with Crippen LogP contribution in [-0.4, -0.2) is 4.98 Å². The zero-order valence-corrected chi connectivity index (χ0v) is 13.5. The van der Waals surface area contributed by atoms with Crippen LogP contribution in [0.5, 0.6) is 0 Å². The summed E-state index contributed by atoms with van der Waals surface area (Å²) in [4.78, 5) is 3.42. The summed E-state index contributed by atoms with van der Waals surface area (Å²) >= 11 is 7.25. The van der Waals surface area contributed by atoms with E-state index in [4.69, 9.17) is 11.6 Å². The van der Waals surface area contributed by atoms with Crippen LogP contribution in [0.1, 0.15) is 27.8 Å². The first-order chi connectivity index (χ1) is 10.6. The van der Waals surface area contributed by atoms with Gasteiger partial charge >= 0.3 is 0 Å². The second-order valence-electron chi connectivity index (χ2n) is 5.58. The molecule has 1 unspecified atom stereocenters. The van der Waals surface area contributed by atoms with Crippen molar-refractivity contribution in [2.24, 2.45) is 0 Å². The lowest BCUT2D eigenvalue weighted by Crippen LogP contribution is -2.23. The molecule has 0 spiro atoms. The summed E-state index contributed by atoms with van der Waals surface area (Å²) in [7, 11) is 0. The molecule has 2 heteroatoms. The first-order valence-corrected chi connectivity index (χ1v) is 7.73. The van der Waals surface area contributed by atoms with Crippen molar-refractivity contribution >= 4 is 11.6 Å². The summed E-state index contributed by atoms with van der Waals surface area (Å²) < 4.78 is 0. The van der Waals surface area contributed by atoms with Crippen molar-refractivity contribution in [1.82, 2.24) is 4.98 Å². The minimum Gasteiger partial charge on any atom is -0.265 e. The van der Waals surface area contributed by atoms with Gasteiger partial charge in [0.2, 0.25) is 0 Å². The minimum absolute atomic E-state index is 0.706. The predicted molar refractivity (Wildman–Crippen MR) is 92.3 cm³/mol. The maximum absolute atomic E-state index is 7.25. The van der Waals surface area contributed by atoms with Crippen LogP contribution in [0.3, 0.4) is 0 Å². The van der Waals surface area contributed by atoms with E-state index in [1.54, 1.807) is 12.4 Å². The van der Waals surface area contributed by atoms with Crippen molar-refractivity contribution in [3.05, 3.63) is 101 Å². The maximum Gasteiger partial charge on any atom is 0.120 e. The van der Waals surface area contributed by atoms with Gasteiger partial charge in [0.05, 0.1) is 0 Å². The van der Waals surface area contributed by atoms with E-state index < -0.39 is 4.87 Å². The molecular formula is C20H18ClN. The van der Waals surface area contributed by atoms with Crippen molar-refractivity contribution in [2.45, 2.75) is 18.7 Å². The molecule has 0 N–H and O–H groups in total. The molecule has 22 heavy (non-hydrogen) atoms. The quantitative estimate of drug-likeness (QED) is 0.604. The lowest BCUT2D eigenvalue weighted by atomic mass is 9.82. The molecule has 3 aromatic rings. The van der Waals surface area contributed by atoms with Crippen LogP contribution in [0, 0.1) is 13.8 Å². The summed E-state index contributed by atoms with van der Waals surface area (Å²) in [6.07, 6.45) is 3.58. The molecule has 2 aromatic carbocycles. The standard InChI is InChI=1S/C20H18ClN/c1-15-8-9-19(16(2)14-15)20(21,17-6-4-3-5-7-17)18-10-12-22-13-11-18/h3-14H,1-2H3. The Hall–Kier alpha value is -2.12. The fraction of sp³-hybridized carbons (Fsp3) is 0.150. The van der Waals surface area contributed by atoms with Crippen molar-refractivity contribution < 1.29 is 0 Å². The van der Waals surface area contributed by atoms with E-state index in [1.165, 1.54) is 11.1 Å². The number of alkyl halides is 1. The highest BCUT2D eigenvalue weighted by molar-refractivity contribution is 6.28. The average Bonchev–Trinajstić information content (AvgIpc) is 2.56. The van der Waals surface area contributed by atoms with Crippen molar-refractivity contribution in [3.8, 4) is 0 Å². The van der Waals surface area contributed by atoms with Crippen LogP contribution >= 0.6 is 11.6 Å². The molecule has 0 bridgehead atoms. The van der Waals surface area contributed by atoms with Crippen LogP contribution in [0.15, 0.2) is 73.1 Å². The first kappa shape index (κ1) is 14.8. The minimum atomic E-state index is -0.706. The van der Waals surface area contributed by atoms with Gasteiger partial charge in [0.1, 0.15) is 4.87 Å². The summed E-state index contributed by atoms with van der Waals surface area (Å²) in [6.45, 7) is 4.21. The second-order valence-corrected chi connectivity index (χ2v) is 6.15. The number of nitrogens with zero attached hydrogens (tertiary/aromatic N) is 1. The van der Waals surface area contributed by atoms with E-state index >= 15 is 0 Å². The largest absolute Gasteiger partial charge is 0.265 e. The van der Waals surface area contributed by atoms with Crippen LogP contribution in [-0.2, 0) is 4.87 Å². The lowest BCUT2D eigenvalue weighted by molar-refractivity contribution is 0.864. The van der Waals surface area contributed by atoms with Crippen LogP contribution in [0.25, 0.3) is 0 Å². The Morgan fingerprint density at radius 2 is 1.45 bits per heavy atom. The molecule has 0 radical (unpaired) electrons. The zero-order chi connectivity index (χ0) is 15.6. The molecule has 1 atom stereocenters. The predicted octanol–water partition coefficient (Wildman–Crippen LogP) is 5.23. The molecule has 3 rings (SSSR count). The highest BCUT2D eigenvalue weighted by Crippen LogP contribution is 2.44. The number of aryl methyl sites for hydroxylation is 2. The normalized spacial score (nSPS) is 13.6. The van der Waals surface area contributed by atoms with E-state index in [0.717, 1.165) is 16.7 Å².